The number of halogens is 1. The summed E-state index contributed by atoms with van der Waals surface area (Å²) in [6.07, 6.45) is 3.75. The van der Waals surface area contributed by atoms with E-state index in [-0.39, 0.29) is 36.2 Å². The Hall–Kier alpha value is -2.07. The Morgan fingerprint density at radius 1 is 1.00 bits per heavy atom. The molecule has 0 aliphatic carbocycles. The highest BCUT2D eigenvalue weighted by Gasteiger charge is 2.63. The summed E-state index contributed by atoms with van der Waals surface area (Å²) < 4.78 is 0. The van der Waals surface area contributed by atoms with Gasteiger partial charge in [0, 0.05) is 6.42 Å². The van der Waals surface area contributed by atoms with Gasteiger partial charge in [0.25, 0.3) is 5.24 Å². The van der Waals surface area contributed by atoms with Gasteiger partial charge in [-0.1, -0.05) is 42.5 Å². The first-order valence-corrected chi connectivity index (χ1v) is 11.7. The molecule has 1 heterocycles. The normalized spacial score (nSPS) is 14.0. The molecule has 5 N–H and O–H groups in total. The van der Waals surface area contributed by atoms with Crippen molar-refractivity contribution < 1.29 is 9.59 Å². The highest BCUT2D eigenvalue weighted by atomic mass is 127. The van der Waals surface area contributed by atoms with Crippen LogP contribution in [0.1, 0.15) is 6.42 Å². The van der Waals surface area contributed by atoms with Gasteiger partial charge in [0.2, 0.25) is 5.91 Å². The SMILES string of the molecule is CS(C)(CCC(N)=O)(C(N)=O)(c1ccccc1)c1nc2ccccc2[nH]1.I. The zero-order chi connectivity index (χ0) is 19.1. The third-order valence-corrected chi connectivity index (χ3v) is 12.3. The molecule has 3 rings (SSSR count). The van der Waals surface area contributed by atoms with E-state index in [4.69, 9.17) is 16.5 Å². The van der Waals surface area contributed by atoms with Crippen molar-refractivity contribution in [3.8, 4) is 0 Å². The van der Waals surface area contributed by atoms with E-state index < -0.39 is 19.4 Å². The number of carbonyl (C=O) groups is 2. The standard InChI is InChI=1S/C19H24N4O2S.HI/c1-26(2,18(21)25,13-12-17(20)24,14-8-4-3-5-9-14)19-22-15-10-6-7-11-16(15)23-19;/h3-11H,12-13H2,1-2H3,(H2,20,24)(H2,21,25)(H,22,23);1H. The minimum atomic E-state index is -4.07. The Labute approximate surface area is 174 Å². The van der Waals surface area contributed by atoms with Crippen molar-refractivity contribution in [2.75, 3.05) is 18.3 Å². The number of H-pyrrole nitrogens is 1. The molecule has 0 spiro atoms. The van der Waals surface area contributed by atoms with Crippen LogP contribution in [0.4, 0.5) is 4.79 Å². The van der Waals surface area contributed by atoms with Gasteiger partial charge in [-0.2, -0.15) is 0 Å². The van der Waals surface area contributed by atoms with Gasteiger partial charge in [0.15, 0.2) is 0 Å². The maximum Gasteiger partial charge on any atom is 0.255 e. The predicted octanol–water partition coefficient (Wildman–Crippen LogP) is 3.69. The maximum absolute atomic E-state index is 13.2. The zero-order valence-electron chi connectivity index (χ0n) is 15.3. The molecular formula is C19H25IN4O2S. The Morgan fingerprint density at radius 2 is 1.59 bits per heavy atom. The van der Waals surface area contributed by atoms with Crippen molar-refractivity contribution in [3.63, 3.8) is 0 Å². The fraction of sp³-hybridized carbons (Fsp3) is 0.211. The molecule has 2 amide bonds. The van der Waals surface area contributed by atoms with Crippen molar-refractivity contribution in [2.45, 2.75) is 16.5 Å². The van der Waals surface area contributed by atoms with Crippen molar-refractivity contribution >= 4 is 54.5 Å². The zero-order valence-corrected chi connectivity index (χ0v) is 18.5. The number of aromatic nitrogens is 2. The number of carbonyl (C=O) groups excluding carboxylic acids is 2. The van der Waals surface area contributed by atoms with Crippen LogP contribution in [0.15, 0.2) is 64.6 Å². The van der Waals surface area contributed by atoms with Gasteiger partial charge in [-0.15, -0.1) is 32.3 Å². The van der Waals surface area contributed by atoms with Crippen LogP contribution in [0.25, 0.3) is 11.0 Å². The van der Waals surface area contributed by atoms with E-state index in [1.807, 2.05) is 67.1 Å². The van der Waals surface area contributed by atoms with Gasteiger partial charge in [0.05, 0.1) is 11.0 Å². The first-order chi connectivity index (χ1) is 12.1. The molecule has 0 radical (unpaired) electrons. The largest absolute Gasteiger partial charge is 0.370 e. The van der Waals surface area contributed by atoms with E-state index in [2.05, 4.69) is 4.98 Å². The van der Waals surface area contributed by atoms with Gasteiger partial charge >= 0.3 is 0 Å². The number of benzene rings is 2. The summed E-state index contributed by atoms with van der Waals surface area (Å²) in [5.74, 6) is -0.277. The topological polar surface area (TPSA) is 115 Å². The number of imidazole rings is 1. The number of aromatic amines is 1. The fourth-order valence-corrected chi connectivity index (χ4v) is 7.59. The summed E-state index contributed by atoms with van der Waals surface area (Å²) in [7, 11) is -4.07. The highest BCUT2D eigenvalue weighted by molar-refractivity contribution is 14.0. The first kappa shape index (κ1) is 21.2. The number of hydrogen-bond acceptors (Lipinski definition) is 3. The van der Waals surface area contributed by atoms with Crippen LogP contribution in [-0.2, 0) is 4.79 Å². The number of primary amides is 2. The molecular weight excluding hydrogens is 475 g/mol. The highest BCUT2D eigenvalue weighted by Crippen LogP contribution is 2.93. The molecule has 1 aromatic heterocycles. The third kappa shape index (κ3) is 2.91. The lowest BCUT2D eigenvalue weighted by Crippen LogP contribution is -2.49. The van der Waals surface area contributed by atoms with Gasteiger partial charge < -0.3 is 16.5 Å². The Kier molecular flexibility index (Phi) is 5.13. The van der Waals surface area contributed by atoms with Gasteiger partial charge in [-0.3, -0.25) is 9.59 Å². The van der Waals surface area contributed by atoms with E-state index in [0.717, 1.165) is 15.9 Å². The number of nitrogens with zero attached hydrogens (tertiary/aromatic N) is 1. The summed E-state index contributed by atoms with van der Waals surface area (Å²) in [5.41, 5.74) is 13.1. The summed E-state index contributed by atoms with van der Waals surface area (Å²) >= 11 is 0. The molecule has 0 bridgehead atoms. The minimum Gasteiger partial charge on any atom is -0.370 e. The summed E-state index contributed by atoms with van der Waals surface area (Å²) in [6, 6.07) is 16.9. The lowest BCUT2D eigenvalue weighted by atomic mass is 10.3. The first-order valence-electron chi connectivity index (χ1n) is 8.24. The fourth-order valence-electron chi connectivity index (χ4n) is 3.31. The predicted molar refractivity (Wildman–Crippen MR) is 122 cm³/mol. The van der Waals surface area contributed by atoms with Gasteiger partial charge in [0.1, 0.15) is 5.16 Å². The van der Waals surface area contributed by atoms with Crippen molar-refractivity contribution in [1.29, 1.82) is 0 Å². The average molecular weight is 500 g/mol. The summed E-state index contributed by atoms with van der Waals surface area (Å²) in [6.45, 7) is 0. The molecule has 0 atom stereocenters. The van der Waals surface area contributed by atoms with Gasteiger partial charge in [-0.05, 0) is 35.3 Å². The Bertz CT molecular complexity index is 999. The monoisotopic (exact) mass is 500 g/mol. The van der Waals surface area contributed by atoms with Crippen LogP contribution in [0.3, 0.4) is 0 Å². The van der Waals surface area contributed by atoms with E-state index >= 15 is 0 Å². The summed E-state index contributed by atoms with van der Waals surface area (Å²) in [5, 5.41) is 0.0163. The molecule has 0 fully saturated rings. The number of hydrogen-bond donors (Lipinski definition) is 3. The second-order valence-electron chi connectivity index (χ2n) is 7.56. The van der Waals surface area contributed by atoms with Crippen LogP contribution < -0.4 is 11.5 Å². The number of para-hydroxylation sites is 2. The third-order valence-electron chi connectivity index (χ3n) is 5.51. The van der Waals surface area contributed by atoms with E-state index in [0.29, 0.717) is 5.16 Å². The van der Waals surface area contributed by atoms with E-state index in [1.54, 1.807) is 0 Å². The van der Waals surface area contributed by atoms with E-state index in [9.17, 15) is 9.59 Å². The molecule has 0 unspecified atom stereocenters. The Morgan fingerprint density at radius 3 is 2.15 bits per heavy atom. The molecule has 8 heteroatoms. The van der Waals surface area contributed by atoms with Crippen molar-refractivity contribution in [3.05, 3.63) is 54.6 Å². The van der Waals surface area contributed by atoms with E-state index in [1.165, 1.54) is 0 Å². The number of rotatable bonds is 5. The maximum atomic E-state index is 13.2. The van der Waals surface area contributed by atoms with Crippen LogP contribution >= 0.6 is 32.3 Å². The number of nitrogens with two attached hydrogens (primary N) is 2. The van der Waals surface area contributed by atoms with Crippen LogP contribution in [-0.4, -0.2) is 39.4 Å². The lowest BCUT2D eigenvalue weighted by molar-refractivity contribution is -0.117. The molecule has 6 nitrogen and oxygen atoms in total. The van der Waals surface area contributed by atoms with Crippen molar-refractivity contribution in [2.24, 2.45) is 11.5 Å². The molecule has 3 aromatic rings. The second kappa shape index (κ2) is 6.52. The minimum absolute atomic E-state index is 0. The molecule has 146 valence electrons. The van der Waals surface area contributed by atoms with Crippen LogP contribution in [0.2, 0.25) is 0 Å². The number of amides is 2. The molecule has 0 saturated heterocycles. The number of nitrogens with one attached hydrogen (secondary N) is 1. The Balaban J connectivity index is 0.00000261. The summed E-state index contributed by atoms with van der Waals surface area (Å²) in [4.78, 5) is 33.7. The average Bonchev–Trinajstić information content (AvgIpc) is 3.07. The molecule has 0 aliphatic rings. The molecule has 27 heavy (non-hydrogen) atoms. The number of fused-ring (bicyclic) bond motifs is 1. The lowest BCUT2D eigenvalue weighted by Gasteiger charge is -2.69. The van der Waals surface area contributed by atoms with Crippen LogP contribution in [0.5, 0.6) is 0 Å². The molecule has 2 aromatic carbocycles. The van der Waals surface area contributed by atoms with Crippen LogP contribution in [0, 0.1) is 0 Å². The molecule has 0 aliphatic heterocycles. The van der Waals surface area contributed by atoms with Gasteiger partial charge in [-0.25, -0.2) is 4.98 Å². The molecule has 0 saturated carbocycles. The smallest absolute Gasteiger partial charge is 0.255 e. The van der Waals surface area contributed by atoms with Crippen molar-refractivity contribution in [1.82, 2.24) is 9.97 Å². The second-order valence-corrected chi connectivity index (χ2v) is 15.1. The quantitative estimate of drug-likeness (QED) is 0.464.